The number of hydrogen-bond acceptors (Lipinski definition) is 4. The molecule has 0 bridgehead atoms. The van der Waals surface area contributed by atoms with Crippen molar-refractivity contribution in [1.82, 2.24) is 9.97 Å². The maximum atomic E-state index is 8.90. The van der Waals surface area contributed by atoms with E-state index in [9.17, 15) is 0 Å². The number of rotatable bonds is 2. The fourth-order valence-electron chi connectivity index (χ4n) is 1.33. The number of hydrogen-bond donors (Lipinski definition) is 0. The van der Waals surface area contributed by atoms with Crippen molar-refractivity contribution in [2.75, 3.05) is 7.11 Å². The van der Waals surface area contributed by atoms with Crippen LogP contribution in [0.15, 0.2) is 36.5 Å². The van der Waals surface area contributed by atoms with Gasteiger partial charge in [0.05, 0.1) is 13.3 Å². The number of nitrogens with zero attached hydrogens (tertiary/aromatic N) is 3. The van der Waals surface area contributed by atoms with E-state index in [0.29, 0.717) is 11.6 Å². The molecule has 4 heteroatoms. The summed E-state index contributed by atoms with van der Waals surface area (Å²) in [6, 6.07) is 11.5. The van der Waals surface area contributed by atoms with E-state index in [-0.39, 0.29) is 5.69 Å². The quantitative estimate of drug-likeness (QED) is 0.762. The molecule has 1 aromatic carbocycles. The van der Waals surface area contributed by atoms with E-state index in [2.05, 4.69) is 9.97 Å². The molecule has 0 atom stereocenters. The first-order chi connectivity index (χ1) is 7.85. The van der Waals surface area contributed by atoms with Crippen LogP contribution in [0.3, 0.4) is 0 Å². The Balaban J connectivity index is 2.49. The van der Waals surface area contributed by atoms with Gasteiger partial charge in [-0.1, -0.05) is 30.3 Å². The Labute approximate surface area is 93.2 Å². The first kappa shape index (κ1) is 10.1. The summed E-state index contributed by atoms with van der Waals surface area (Å²) in [4.78, 5) is 8.28. The molecule has 0 aliphatic carbocycles. The van der Waals surface area contributed by atoms with Gasteiger partial charge < -0.3 is 4.74 Å². The van der Waals surface area contributed by atoms with Crippen LogP contribution in [0.1, 0.15) is 5.69 Å². The van der Waals surface area contributed by atoms with E-state index < -0.39 is 0 Å². The molecule has 4 nitrogen and oxygen atoms in total. The highest BCUT2D eigenvalue weighted by atomic mass is 16.5. The van der Waals surface area contributed by atoms with Gasteiger partial charge in [-0.25, -0.2) is 9.97 Å². The summed E-state index contributed by atoms with van der Waals surface area (Å²) in [5.41, 5.74) is 1.12. The zero-order chi connectivity index (χ0) is 11.4. The molecule has 0 amide bonds. The SMILES string of the molecule is COc1cnc(-c2ccccc2)nc1C#N. The third-order valence-corrected chi connectivity index (χ3v) is 2.11. The van der Waals surface area contributed by atoms with Crippen molar-refractivity contribution < 1.29 is 4.74 Å². The Kier molecular flexibility index (Phi) is 2.79. The minimum absolute atomic E-state index is 0.247. The second-order valence-electron chi connectivity index (χ2n) is 3.09. The molecule has 0 saturated carbocycles. The average molecular weight is 211 g/mol. The van der Waals surface area contributed by atoms with Gasteiger partial charge in [0, 0.05) is 5.56 Å². The van der Waals surface area contributed by atoms with Crippen LogP contribution in [-0.4, -0.2) is 17.1 Å². The van der Waals surface area contributed by atoms with Crippen LogP contribution in [0.25, 0.3) is 11.4 Å². The van der Waals surface area contributed by atoms with Crippen LogP contribution in [0.2, 0.25) is 0 Å². The number of aromatic nitrogens is 2. The summed E-state index contributed by atoms with van der Waals surface area (Å²) >= 11 is 0. The van der Waals surface area contributed by atoms with Crippen LogP contribution in [0, 0.1) is 11.3 Å². The number of nitriles is 1. The van der Waals surface area contributed by atoms with Gasteiger partial charge >= 0.3 is 0 Å². The fraction of sp³-hybridized carbons (Fsp3) is 0.0833. The fourth-order valence-corrected chi connectivity index (χ4v) is 1.33. The highest BCUT2D eigenvalue weighted by Crippen LogP contribution is 2.19. The minimum atomic E-state index is 0.247. The molecule has 0 radical (unpaired) electrons. The normalized spacial score (nSPS) is 9.50. The summed E-state index contributed by atoms with van der Waals surface area (Å²) in [6.45, 7) is 0. The molecule has 0 aliphatic rings. The molecule has 0 unspecified atom stereocenters. The van der Waals surface area contributed by atoms with Gasteiger partial charge in [-0.2, -0.15) is 5.26 Å². The second-order valence-corrected chi connectivity index (χ2v) is 3.09. The molecule has 1 aromatic heterocycles. The maximum absolute atomic E-state index is 8.90. The van der Waals surface area contributed by atoms with Crippen LogP contribution < -0.4 is 4.74 Å². The molecule has 78 valence electrons. The van der Waals surface area contributed by atoms with E-state index in [0.717, 1.165) is 5.56 Å². The minimum Gasteiger partial charge on any atom is -0.492 e. The highest BCUT2D eigenvalue weighted by molar-refractivity contribution is 5.56. The van der Waals surface area contributed by atoms with E-state index in [1.807, 2.05) is 36.4 Å². The average Bonchev–Trinajstić information content (AvgIpc) is 2.39. The van der Waals surface area contributed by atoms with Crippen molar-refractivity contribution in [3.05, 3.63) is 42.2 Å². The Bertz CT molecular complexity index is 532. The van der Waals surface area contributed by atoms with Crippen molar-refractivity contribution in [3.63, 3.8) is 0 Å². The lowest BCUT2D eigenvalue weighted by molar-refractivity contribution is 0.409. The molecule has 0 spiro atoms. The van der Waals surface area contributed by atoms with Gasteiger partial charge in [-0.3, -0.25) is 0 Å². The molecule has 2 aromatic rings. The van der Waals surface area contributed by atoms with Crippen molar-refractivity contribution in [3.8, 4) is 23.2 Å². The Morgan fingerprint density at radius 2 is 2.00 bits per heavy atom. The van der Waals surface area contributed by atoms with Crippen LogP contribution in [0.5, 0.6) is 5.75 Å². The second kappa shape index (κ2) is 4.41. The molecular formula is C12H9N3O. The Morgan fingerprint density at radius 3 is 2.62 bits per heavy atom. The summed E-state index contributed by atoms with van der Waals surface area (Å²) in [5, 5.41) is 8.90. The summed E-state index contributed by atoms with van der Waals surface area (Å²) < 4.78 is 4.98. The molecule has 0 N–H and O–H groups in total. The van der Waals surface area contributed by atoms with E-state index in [1.54, 1.807) is 0 Å². The molecule has 0 saturated heterocycles. The summed E-state index contributed by atoms with van der Waals surface area (Å²) in [5.74, 6) is 0.917. The van der Waals surface area contributed by atoms with Crippen molar-refractivity contribution >= 4 is 0 Å². The van der Waals surface area contributed by atoms with Gasteiger partial charge in [0.2, 0.25) is 0 Å². The summed E-state index contributed by atoms with van der Waals surface area (Å²) in [6.07, 6.45) is 1.51. The van der Waals surface area contributed by atoms with Crippen LogP contribution in [0.4, 0.5) is 0 Å². The zero-order valence-corrected chi connectivity index (χ0v) is 8.71. The number of ether oxygens (including phenoxy) is 1. The van der Waals surface area contributed by atoms with Crippen molar-refractivity contribution in [2.45, 2.75) is 0 Å². The summed E-state index contributed by atoms with van der Waals surface area (Å²) in [7, 11) is 1.49. The van der Waals surface area contributed by atoms with Gasteiger partial charge in [0.1, 0.15) is 6.07 Å². The van der Waals surface area contributed by atoms with Crippen molar-refractivity contribution in [1.29, 1.82) is 5.26 Å². The molecular weight excluding hydrogens is 202 g/mol. The largest absolute Gasteiger partial charge is 0.492 e. The number of methoxy groups -OCH3 is 1. The molecule has 16 heavy (non-hydrogen) atoms. The van der Waals surface area contributed by atoms with Gasteiger partial charge in [0.15, 0.2) is 17.3 Å². The smallest absolute Gasteiger partial charge is 0.186 e. The van der Waals surface area contributed by atoms with E-state index >= 15 is 0 Å². The lowest BCUT2D eigenvalue weighted by Gasteiger charge is -2.03. The predicted octanol–water partition coefficient (Wildman–Crippen LogP) is 2.02. The van der Waals surface area contributed by atoms with Crippen LogP contribution >= 0.6 is 0 Å². The van der Waals surface area contributed by atoms with Crippen LogP contribution in [-0.2, 0) is 0 Å². The van der Waals surface area contributed by atoms with Gasteiger partial charge in [-0.05, 0) is 0 Å². The van der Waals surface area contributed by atoms with Gasteiger partial charge in [-0.15, -0.1) is 0 Å². The Hall–Kier alpha value is -2.41. The first-order valence-corrected chi connectivity index (χ1v) is 4.71. The van der Waals surface area contributed by atoms with E-state index in [4.69, 9.17) is 10.00 Å². The lowest BCUT2D eigenvalue weighted by Crippen LogP contribution is -1.96. The molecule has 0 fully saturated rings. The first-order valence-electron chi connectivity index (χ1n) is 4.71. The topological polar surface area (TPSA) is 58.8 Å². The van der Waals surface area contributed by atoms with Crippen molar-refractivity contribution in [2.24, 2.45) is 0 Å². The lowest BCUT2D eigenvalue weighted by atomic mass is 10.2. The standard InChI is InChI=1S/C12H9N3O/c1-16-11-8-14-12(15-10(11)7-13)9-5-3-2-4-6-9/h2-6,8H,1H3. The molecule has 1 heterocycles. The molecule has 0 aliphatic heterocycles. The zero-order valence-electron chi connectivity index (χ0n) is 8.71. The third-order valence-electron chi connectivity index (χ3n) is 2.11. The Morgan fingerprint density at radius 1 is 1.25 bits per heavy atom. The highest BCUT2D eigenvalue weighted by Gasteiger charge is 2.07. The maximum Gasteiger partial charge on any atom is 0.186 e. The monoisotopic (exact) mass is 211 g/mol. The van der Waals surface area contributed by atoms with E-state index in [1.165, 1.54) is 13.3 Å². The third kappa shape index (κ3) is 1.84. The molecule has 2 rings (SSSR count). The van der Waals surface area contributed by atoms with Gasteiger partial charge in [0.25, 0.3) is 0 Å². The number of benzene rings is 1. The predicted molar refractivity (Wildman–Crippen MR) is 58.7 cm³/mol.